The van der Waals surface area contributed by atoms with Crippen molar-refractivity contribution in [2.45, 2.75) is 51.2 Å². The molecular formula is C15H22N2O3. The molecule has 0 aliphatic heterocycles. The number of esters is 1. The van der Waals surface area contributed by atoms with Crippen LogP contribution >= 0.6 is 0 Å². The number of hydrogen-bond donors (Lipinski definition) is 0. The molecule has 3 rings (SSSR count). The van der Waals surface area contributed by atoms with E-state index in [1.807, 2.05) is 6.92 Å². The highest BCUT2D eigenvalue weighted by Gasteiger charge is 2.58. The molecule has 5 heteroatoms. The zero-order valence-electron chi connectivity index (χ0n) is 12.2. The van der Waals surface area contributed by atoms with Crippen LogP contribution in [0.5, 0.6) is 0 Å². The number of ether oxygens (including phenoxy) is 2. The lowest BCUT2D eigenvalue weighted by atomic mass is 9.62. The smallest absolute Gasteiger partial charge is 0.356 e. The van der Waals surface area contributed by atoms with E-state index in [4.69, 9.17) is 9.47 Å². The molecule has 0 aromatic carbocycles. The molecule has 2 fully saturated rings. The van der Waals surface area contributed by atoms with Crippen LogP contribution in [0.15, 0.2) is 12.3 Å². The second kappa shape index (κ2) is 5.20. The quantitative estimate of drug-likeness (QED) is 0.793. The molecule has 0 unspecified atom stereocenters. The summed E-state index contributed by atoms with van der Waals surface area (Å²) in [5.41, 5.74) is 0.586. The fourth-order valence-corrected chi connectivity index (χ4v) is 3.75. The van der Waals surface area contributed by atoms with Crippen LogP contribution in [0.4, 0.5) is 0 Å². The molecule has 1 aromatic rings. The maximum atomic E-state index is 12.2. The summed E-state index contributed by atoms with van der Waals surface area (Å²) in [4.78, 5) is 12.2. The first-order valence-corrected chi connectivity index (χ1v) is 7.48. The SMILES string of the molecule is CCO[C@@H]1C[C@H](OC(=O)c2ccnn2C)C12CCCC2. The average Bonchev–Trinajstić information content (AvgIpc) is 3.07. The fourth-order valence-electron chi connectivity index (χ4n) is 3.75. The molecule has 20 heavy (non-hydrogen) atoms. The minimum Gasteiger partial charge on any atom is -0.457 e. The van der Waals surface area contributed by atoms with Crippen LogP contribution in [0.25, 0.3) is 0 Å². The lowest BCUT2D eigenvalue weighted by Gasteiger charge is -2.52. The standard InChI is InChI=1S/C15H22N2O3/c1-3-19-12-10-13(15(12)7-4-5-8-15)20-14(18)11-6-9-16-17(11)2/h6,9,12-13H,3-5,7-8,10H2,1-2H3/t12-,13+/m1/s1. The van der Waals surface area contributed by atoms with Gasteiger partial charge in [-0.2, -0.15) is 5.10 Å². The Morgan fingerprint density at radius 2 is 2.20 bits per heavy atom. The van der Waals surface area contributed by atoms with E-state index in [9.17, 15) is 4.79 Å². The molecular weight excluding hydrogens is 256 g/mol. The second-order valence-corrected chi connectivity index (χ2v) is 5.85. The Morgan fingerprint density at radius 3 is 2.80 bits per heavy atom. The van der Waals surface area contributed by atoms with Crippen molar-refractivity contribution in [1.82, 2.24) is 9.78 Å². The van der Waals surface area contributed by atoms with E-state index in [-0.39, 0.29) is 23.6 Å². The summed E-state index contributed by atoms with van der Waals surface area (Å²) in [7, 11) is 1.76. The van der Waals surface area contributed by atoms with Crippen molar-refractivity contribution in [1.29, 1.82) is 0 Å². The summed E-state index contributed by atoms with van der Waals surface area (Å²) in [5, 5.41) is 4.01. The van der Waals surface area contributed by atoms with Gasteiger partial charge in [-0.3, -0.25) is 4.68 Å². The molecule has 2 atom stereocenters. The molecule has 0 bridgehead atoms. The number of carbonyl (C=O) groups is 1. The van der Waals surface area contributed by atoms with Gasteiger partial charge in [-0.25, -0.2) is 4.79 Å². The van der Waals surface area contributed by atoms with Crippen molar-refractivity contribution in [3.63, 3.8) is 0 Å². The summed E-state index contributed by atoms with van der Waals surface area (Å²) in [6, 6.07) is 1.70. The van der Waals surface area contributed by atoms with Gasteiger partial charge >= 0.3 is 5.97 Å². The van der Waals surface area contributed by atoms with Gasteiger partial charge < -0.3 is 9.47 Å². The van der Waals surface area contributed by atoms with Gasteiger partial charge in [0.05, 0.1) is 6.10 Å². The van der Waals surface area contributed by atoms with Gasteiger partial charge in [-0.05, 0) is 25.8 Å². The van der Waals surface area contributed by atoms with Crippen LogP contribution in [0.2, 0.25) is 0 Å². The van der Waals surface area contributed by atoms with Gasteiger partial charge in [0.15, 0.2) is 0 Å². The second-order valence-electron chi connectivity index (χ2n) is 5.85. The van der Waals surface area contributed by atoms with Gasteiger partial charge in [-0.1, -0.05) is 12.8 Å². The zero-order chi connectivity index (χ0) is 14.2. The predicted molar refractivity (Wildman–Crippen MR) is 73.3 cm³/mol. The third-order valence-corrected chi connectivity index (χ3v) is 4.89. The Balaban J connectivity index is 1.69. The first kappa shape index (κ1) is 13.6. The van der Waals surface area contributed by atoms with Gasteiger partial charge in [0, 0.05) is 31.7 Å². The third-order valence-electron chi connectivity index (χ3n) is 4.89. The molecule has 110 valence electrons. The number of aryl methyl sites for hydroxylation is 1. The van der Waals surface area contributed by atoms with Gasteiger partial charge in [0.1, 0.15) is 11.8 Å². The highest BCUT2D eigenvalue weighted by atomic mass is 16.6. The predicted octanol–water partition coefficient (Wildman–Crippen LogP) is 2.31. The number of carbonyl (C=O) groups excluding carboxylic acids is 1. The van der Waals surface area contributed by atoms with Crippen molar-refractivity contribution in [2.75, 3.05) is 6.61 Å². The summed E-state index contributed by atoms with van der Waals surface area (Å²) < 4.78 is 13.1. The summed E-state index contributed by atoms with van der Waals surface area (Å²) in [6.45, 7) is 2.76. The Bertz CT molecular complexity index is 491. The lowest BCUT2D eigenvalue weighted by molar-refractivity contribution is -0.189. The first-order valence-electron chi connectivity index (χ1n) is 7.48. The summed E-state index contributed by atoms with van der Waals surface area (Å²) in [5.74, 6) is -0.267. The van der Waals surface area contributed by atoms with E-state index >= 15 is 0 Å². The van der Waals surface area contributed by atoms with Crippen molar-refractivity contribution < 1.29 is 14.3 Å². The van der Waals surface area contributed by atoms with Crippen molar-refractivity contribution in [3.05, 3.63) is 18.0 Å². The number of rotatable bonds is 4. The zero-order valence-corrected chi connectivity index (χ0v) is 12.2. The van der Waals surface area contributed by atoms with Gasteiger partial charge in [-0.15, -0.1) is 0 Å². The molecule has 2 aliphatic rings. The molecule has 5 nitrogen and oxygen atoms in total. The average molecular weight is 278 g/mol. The van der Waals surface area contributed by atoms with Crippen LogP contribution in [-0.4, -0.2) is 34.6 Å². The molecule has 0 amide bonds. The third kappa shape index (κ3) is 2.04. The maximum Gasteiger partial charge on any atom is 0.356 e. The van der Waals surface area contributed by atoms with Gasteiger partial charge in [0.2, 0.25) is 0 Å². The van der Waals surface area contributed by atoms with Gasteiger partial charge in [0.25, 0.3) is 0 Å². The summed E-state index contributed by atoms with van der Waals surface area (Å²) in [6.07, 6.45) is 7.36. The monoisotopic (exact) mass is 278 g/mol. The minimum absolute atomic E-state index is 0.00366. The Labute approximate surface area is 119 Å². The molecule has 1 spiro atoms. The summed E-state index contributed by atoms with van der Waals surface area (Å²) >= 11 is 0. The van der Waals surface area contributed by atoms with E-state index in [1.54, 1.807) is 24.0 Å². The number of hydrogen-bond acceptors (Lipinski definition) is 4. The largest absolute Gasteiger partial charge is 0.457 e. The molecule has 1 heterocycles. The number of aromatic nitrogens is 2. The van der Waals surface area contributed by atoms with Crippen LogP contribution in [0.3, 0.4) is 0 Å². The van der Waals surface area contributed by atoms with Crippen LogP contribution in [0.1, 0.15) is 49.5 Å². The normalized spacial score (nSPS) is 27.5. The molecule has 1 aromatic heterocycles. The van der Waals surface area contributed by atoms with Crippen molar-refractivity contribution in [2.24, 2.45) is 12.5 Å². The Hall–Kier alpha value is -1.36. The molecule has 0 radical (unpaired) electrons. The van der Waals surface area contributed by atoms with Crippen LogP contribution in [-0.2, 0) is 16.5 Å². The first-order chi connectivity index (χ1) is 9.67. The number of nitrogens with zero attached hydrogens (tertiary/aromatic N) is 2. The van der Waals surface area contributed by atoms with E-state index in [1.165, 1.54) is 12.8 Å². The lowest BCUT2D eigenvalue weighted by Crippen LogP contribution is -2.58. The van der Waals surface area contributed by atoms with Crippen LogP contribution < -0.4 is 0 Å². The van der Waals surface area contributed by atoms with E-state index in [0.717, 1.165) is 25.9 Å². The van der Waals surface area contributed by atoms with Crippen molar-refractivity contribution in [3.8, 4) is 0 Å². The molecule has 0 N–H and O–H groups in total. The molecule has 0 saturated heterocycles. The Morgan fingerprint density at radius 1 is 1.45 bits per heavy atom. The van der Waals surface area contributed by atoms with Crippen LogP contribution in [0, 0.1) is 5.41 Å². The highest BCUT2D eigenvalue weighted by Crippen LogP contribution is 2.56. The van der Waals surface area contributed by atoms with E-state index in [2.05, 4.69) is 5.10 Å². The van der Waals surface area contributed by atoms with Crippen molar-refractivity contribution >= 4 is 5.97 Å². The van der Waals surface area contributed by atoms with E-state index in [0.29, 0.717) is 5.69 Å². The Kier molecular flexibility index (Phi) is 3.54. The molecule has 2 aliphatic carbocycles. The maximum absolute atomic E-state index is 12.2. The molecule has 2 saturated carbocycles. The highest BCUT2D eigenvalue weighted by molar-refractivity contribution is 5.87. The minimum atomic E-state index is -0.267. The fraction of sp³-hybridized carbons (Fsp3) is 0.733. The van der Waals surface area contributed by atoms with E-state index < -0.39 is 0 Å². The topological polar surface area (TPSA) is 53.4 Å².